The summed E-state index contributed by atoms with van der Waals surface area (Å²) in [4.78, 5) is 39.6. The second kappa shape index (κ2) is 6.87. The molecular formula is C19H19N3O4. The molecule has 0 bridgehead atoms. The lowest BCUT2D eigenvalue weighted by Crippen LogP contribution is -2.34. The molecule has 0 saturated heterocycles. The first-order valence-corrected chi connectivity index (χ1v) is 8.21. The maximum absolute atomic E-state index is 12.6. The van der Waals surface area contributed by atoms with Crippen LogP contribution in [-0.2, 0) is 4.79 Å². The van der Waals surface area contributed by atoms with E-state index in [1.165, 1.54) is 12.3 Å². The first kappa shape index (κ1) is 17.5. The molecule has 134 valence electrons. The predicted octanol–water partition coefficient (Wildman–Crippen LogP) is 2.86. The Balaban J connectivity index is 1.92. The molecule has 2 heterocycles. The number of aromatic amines is 1. The Bertz CT molecular complexity index is 999. The molecule has 26 heavy (non-hydrogen) atoms. The summed E-state index contributed by atoms with van der Waals surface area (Å²) in [6.45, 7) is 3.45. The smallest absolute Gasteiger partial charge is 0.327 e. The standard InChI is InChI=1S/C19H19N3O4/c1-11(2)16(19(25)26)22-9-5-8-14(18(22)24)21-17(23)15-10-12-6-3-4-7-13(12)20-15/h3-11,16,20H,1-2H3,(H,21,23)(H,25,26). The summed E-state index contributed by atoms with van der Waals surface area (Å²) < 4.78 is 1.13. The number of anilines is 1. The van der Waals surface area contributed by atoms with Crippen LogP contribution in [-0.4, -0.2) is 26.5 Å². The molecule has 1 unspecified atom stereocenters. The Kier molecular flexibility index (Phi) is 4.62. The molecule has 0 radical (unpaired) electrons. The van der Waals surface area contributed by atoms with Gasteiger partial charge in [-0.1, -0.05) is 32.0 Å². The fraction of sp³-hybridized carbons (Fsp3) is 0.211. The van der Waals surface area contributed by atoms with Crippen molar-refractivity contribution in [3.05, 3.63) is 64.7 Å². The fourth-order valence-electron chi connectivity index (χ4n) is 2.93. The van der Waals surface area contributed by atoms with Gasteiger partial charge in [0.25, 0.3) is 11.5 Å². The largest absolute Gasteiger partial charge is 0.480 e. The molecule has 7 nitrogen and oxygen atoms in total. The highest BCUT2D eigenvalue weighted by Gasteiger charge is 2.25. The molecule has 3 aromatic rings. The van der Waals surface area contributed by atoms with Gasteiger partial charge in [-0.05, 0) is 30.2 Å². The van der Waals surface area contributed by atoms with Crippen LogP contribution in [0.1, 0.15) is 30.4 Å². The highest BCUT2D eigenvalue weighted by molar-refractivity contribution is 6.05. The molecule has 7 heteroatoms. The number of hydrogen-bond acceptors (Lipinski definition) is 3. The molecule has 1 amide bonds. The van der Waals surface area contributed by atoms with Gasteiger partial charge in [0.15, 0.2) is 0 Å². The molecule has 2 aromatic heterocycles. The lowest BCUT2D eigenvalue weighted by molar-refractivity contribution is -0.142. The quantitative estimate of drug-likeness (QED) is 0.656. The number of rotatable bonds is 5. The number of aliphatic carboxylic acids is 1. The Labute approximate surface area is 149 Å². The number of nitrogens with zero attached hydrogens (tertiary/aromatic N) is 1. The first-order valence-electron chi connectivity index (χ1n) is 8.21. The number of aromatic nitrogens is 2. The molecule has 0 aliphatic carbocycles. The molecule has 0 spiro atoms. The van der Waals surface area contributed by atoms with Crippen LogP contribution in [0.3, 0.4) is 0 Å². The zero-order valence-corrected chi connectivity index (χ0v) is 14.4. The van der Waals surface area contributed by atoms with E-state index in [0.717, 1.165) is 15.5 Å². The van der Waals surface area contributed by atoms with E-state index in [2.05, 4.69) is 10.3 Å². The van der Waals surface area contributed by atoms with Gasteiger partial charge in [-0.25, -0.2) is 4.79 Å². The second-order valence-electron chi connectivity index (χ2n) is 6.39. The van der Waals surface area contributed by atoms with Gasteiger partial charge in [0.1, 0.15) is 17.4 Å². The Morgan fingerprint density at radius 2 is 1.88 bits per heavy atom. The third-order valence-corrected chi connectivity index (χ3v) is 4.18. The molecule has 1 atom stereocenters. The van der Waals surface area contributed by atoms with Crippen LogP contribution >= 0.6 is 0 Å². The number of fused-ring (bicyclic) bond motifs is 1. The SMILES string of the molecule is CC(C)C(C(=O)O)n1cccc(NC(=O)c2cc3ccccc3[nH]2)c1=O. The molecule has 0 saturated carbocycles. The average molecular weight is 353 g/mol. The van der Waals surface area contributed by atoms with Crippen LogP contribution in [0.4, 0.5) is 5.69 Å². The van der Waals surface area contributed by atoms with E-state index in [9.17, 15) is 19.5 Å². The van der Waals surface area contributed by atoms with Crippen molar-refractivity contribution in [2.75, 3.05) is 5.32 Å². The van der Waals surface area contributed by atoms with Crippen LogP contribution in [0.15, 0.2) is 53.5 Å². The molecule has 3 N–H and O–H groups in total. The van der Waals surface area contributed by atoms with E-state index >= 15 is 0 Å². The molecular weight excluding hydrogens is 334 g/mol. The summed E-state index contributed by atoms with van der Waals surface area (Å²) in [6.07, 6.45) is 1.42. The highest BCUT2D eigenvalue weighted by Crippen LogP contribution is 2.18. The number of carbonyl (C=O) groups excluding carboxylic acids is 1. The van der Waals surface area contributed by atoms with Crippen molar-refractivity contribution in [1.29, 1.82) is 0 Å². The van der Waals surface area contributed by atoms with Gasteiger partial charge in [0.05, 0.1) is 0 Å². The topological polar surface area (TPSA) is 104 Å². The maximum Gasteiger partial charge on any atom is 0.327 e. The van der Waals surface area contributed by atoms with Crippen LogP contribution in [0.2, 0.25) is 0 Å². The fourth-order valence-corrected chi connectivity index (χ4v) is 2.93. The van der Waals surface area contributed by atoms with Crippen molar-refractivity contribution in [3.8, 4) is 0 Å². The molecule has 0 fully saturated rings. The molecule has 0 aliphatic rings. The van der Waals surface area contributed by atoms with E-state index in [1.54, 1.807) is 26.0 Å². The van der Waals surface area contributed by atoms with E-state index in [0.29, 0.717) is 5.69 Å². The molecule has 3 rings (SSSR count). The summed E-state index contributed by atoms with van der Waals surface area (Å²) in [5, 5.41) is 12.8. The minimum Gasteiger partial charge on any atom is -0.480 e. The number of para-hydroxylation sites is 1. The van der Waals surface area contributed by atoms with Gasteiger partial charge in [0.2, 0.25) is 0 Å². The summed E-state index contributed by atoms with van der Waals surface area (Å²) in [5.41, 5.74) is 0.606. The minimum atomic E-state index is -1.10. The van der Waals surface area contributed by atoms with Gasteiger partial charge in [-0.3, -0.25) is 14.2 Å². The number of H-pyrrole nitrogens is 1. The van der Waals surface area contributed by atoms with E-state index in [-0.39, 0.29) is 11.6 Å². The predicted molar refractivity (Wildman–Crippen MR) is 98.5 cm³/mol. The summed E-state index contributed by atoms with van der Waals surface area (Å²) >= 11 is 0. The van der Waals surface area contributed by atoms with Crippen molar-refractivity contribution in [1.82, 2.24) is 9.55 Å². The third kappa shape index (κ3) is 3.23. The normalized spacial score (nSPS) is 12.3. The van der Waals surface area contributed by atoms with E-state index < -0.39 is 23.5 Å². The Morgan fingerprint density at radius 3 is 2.54 bits per heavy atom. The van der Waals surface area contributed by atoms with Crippen molar-refractivity contribution >= 4 is 28.5 Å². The number of carboxylic acid groups (broad SMARTS) is 1. The van der Waals surface area contributed by atoms with Gasteiger partial charge in [0, 0.05) is 17.1 Å². The van der Waals surface area contributed by atoms with Gasteiger partial charge < -0.3 is 15.4 Å². The zero-order valence-electron chi connectivity index (χ0n) is 14.4. The van der Waals surface area contributed by atoms with Crippen LogP contribution in [0, 0.1) is 5.92 Å². The average Bonchev–Trinajstić information content (AvgIpc) is 3.02. The van der Waals surface area contributed by atoms with Crippen LogP contribution in [0.5, 0.6) is 0 Å². The minimum absolute atomic E-state index is 0.0306. The maximum atomic E-state index is 12.6. The van der Waals surface area contributed by atoms with E-state index in [4.69, 9.17) is 0 Å². The second-order valence-corrected chi connectivity index (χ2v) is 6.39. The number of amides is 1. The van der Waals surface area contributed by atoms with Crippen LogP contribution < -0.4 is 10.9 Å². The zero-order chi connectivity index (χ0) is 18.8. The summed E-state index contributed by atoms with van der Waals surface area (Å²) in [6, 6.07) is 11.1. The number of benzene rings is 1. The molecule has 0 aliphatic heterocycles. The number of nitrogens with one attached hydrogen (secondary N) is 2. The van der Waals surface area contributed by atoms with Gasteiger partial charge in [-0.2, -0.15) is 0 Å². The number of carboxylic acids is 1. The highest BCUT2D eigenvalue weighted by atomic mass is 16.4. The third-order valence-electron chi connectivity index (χ3n) is 4.18. The number of pyridine rings is 1. The van der Waals surface area contributed by atoms with Crippen LogP contribution in [0.25, 0.3) is 10.9 Å². The number of hydrogen-bond donors (Lipinski definition) is 3. The monoisotopic (exact) mass is 353 g/mol. The van der Waals surface area contributed by atoms with E-state index in [1.807, 2.05) is 24.3 Å². The Morgan fingerprint density at radius 1 is 1.15 bits per heavy atom. The first-order chi connectivity index (χ1) is 12.4. The molecule has 1 aromatic carbocycles. The lowest BCUT2D eigenvalue weighted by atomic mass is 10.0. The summed E-state index contributed by atoms with van der Waals surface area (Å²) in [7, 11) is 0. The summed E-state index contributed by atoms with van der Waals surface area (Å²) in [5.74, 6) is -1.85. The lowest BCUT2D eigenvalue weighted by Gasteiger charge is -2.19. The van der Waals surface area contributed by atoms with Crippen molar-refractivity contribution in [2.45, 2.75) is 19.9 Å². The van der Waals surface area contributed by atoms with Crippen molar-refractivity contribution in [3.63, 3.8) is 0 Å². The van der Waals surface area contributed by atoms with Crippen molar-refractivity contribution in [2.24, 2.45) is 5.92 Å². The van der Waals surface area contributed by atoms with Gasteiger partial charge >= 0.3 is 5.97 Å². The Hall–Kier alpha value is -3.35. The van der Waals surface area contributed by atoms with Crippen molar-refractivity contribution < 1.29 is 14.7 Å². The van der Waals surface area contributed by atoms with Gasteiger partial charge in [-0.15, -0.1) is 0 Å². The number of carbonyl (C=O) groups is 2.